The second kappa shape index (κ2) is 5.59. The molecule has 0 aliphatic carbocycles. The second-order valence-corrected chi connectivity index (χ2v) is 6.03. The summed E-state index contributed by atoms with van der Waals surface area (Å²) in [5.74, 6) is 0. The number of rotatable bonds is 5. The SMILES string of the molecule is Cc1ccc(S(=O)(=O)OCO[PH](C)=O)cc1. The van der Waals surface area contributed by atoms with Crippen LogP contribution in [-0.4, -0.2) is 21.9 Å². The normalized spacial score (nSPS) is 13.6. The lowest BCUT2D eigenvalue weighted by Gasteiger charge is -2.05. The fourth-order valence-corrected chi connectivity index (χ4v) is 2.03. The molecule has 0 radical (unpaired) electrons. The maximum Gasteiger partial charge on any atom is 0.299 e. The molecule has 1 aromatic carbocycles. The average Bonchev–Trinajstić information content (AvgIpc) is 2.17. The average molecular weight is 264 g/mol. The van der Waals surface area contributed by atoms with Gasteiger partial charge in [-0.3, -0.25) is 4.57 Å². The van der Waals surface area contributed by atoms with E-state index in [1.54, 1.807) is 12.1 Å². The Kier molecular flexibility index (Phi) is 4.68. The topological polar surface area (TPSA) is 69.7 Å². The summed E-state index contributed by atoms with van der Waals surface area (Å²) in [5, 5.41) is 0. The first kappa shape index (κ1) is 13.4. The molecule has 90 valence electrons. The minimum atomic E-state index is -3.82. The molecule has 0 amide bonds. The van der Waals surface area contributed by atoms with Gasteiger partial charge in [-0.2, -0.15) is 8.42 Å². The van der Waals surface area contributed by atoms with Crippen LogP contribution in [0.5, 0.6) is 0 Å². The Labute approximate surface area is 95.4 Å². The molecule has 0 fully saturated rings. The van der Waals surface area contributed by atoms with Crippen LogP contribution in [-0.2, 0) is 23.4 Å². The Morgan fingerprint density at radius 2 is 1.81 bits per heavy atom. The summed E-state index contributed by atoms with van der Waals surface area (Å²) in [5.41, 5.74) is 0.953. The lowest BCUT2D eigenvalue weighted by atomic mass is 10.2. The van der Waals surface area contributed by atoms with Gasteiger partial charge in [0.25, 0.3) is 10.1 Å². The Hall–Kier alpha value is -0.680. The molecule has 0 saturated carbocycles. The molecule has 0 N–H and O–H groups in total. The maximum absolute atomic E-state index is 11.5. The summed E-state index contributed by atoms with van der Waals surface area (Å²) >= 11 is 0. The highest BCUT2D eigenvalue weighted by molar-refractivity contribution is 7.86. The number of aryl methyl sites for hydroxylation is 1. The standard InChI is InChI=1S/C9H13O5PS/c1-8-3-5-9(6-4-8)16(11,12)14-7-13-15(2)10/h3-6,15H,7H2,1-2H3. The van der Waals surface area contributed by atoms with Gasteiger partial charge in [-0.15, -0.1) is 0 Å². The molecular formula is C9H13O5PS. The van der Waals surface area contributed by atoms with Crippen LogP contribution >= 0.6 is 8.03 Å². The molecule has 5 nitrogen and oxygen atoms in total. The number of hydrogen-bond donors (Lipinski definition) is 0. The second-order valence-electron chi connectivity index (χ2n) is 3.14. The van der Waals surface area contributed by atoms with Crippen molar-refractivity contribution in [1.29, 1.82) is 0 Å². The van der Waals surface area contributed by atoms with Gasteiger partial charge in [-0.1, -0.05) is 17.7 Å². The van der Waals surface area contributed by atoms with Crippen LogP contribution in [0.4, 0.5) is 0 Å². The number of hydrogen-bond acceptors (Lipinski definition) is 5. The van der Waals surface area contributed by atoms with E-state index in [0.717, 1.165) is 5.56 Å². The van der Waals surface area contributed by atoms with Gasteiger partial charge in [0.2, 0.25) is 0 Å². The van der Waals surface area contributed by atoms with Crippen molar-refractivity contribution >= 4 is 18.1 Å². The van der Waals surface area contributed by atoms with Crippen LogP contribution in [0.2, 0.25) is 0 Å². The Morgan fingerprint density at radius 1 is 1.25 bits per heavy atom. The van der Waals surface area contributed by atoms with Crippen molar-refractivity contribution in [1.82, 2.24) is 0 Å². The van der Waals surface area contributed by atoms with Crippen molar-refractivity contribution in [2.24, 2.45) is 0 Å². The van der Waals surface area contributed by atoms with Crippen molar-refractivity contribution in [2.75, 3.05) is 13.5 Å². The first-order valence-electron chi connectivity index (χ1n) is 4.51. The predicted octanol–water partition coefficient (Wildman–Crippen LogP) is 1.78. The molecule has 1 rings (SSSR count). The third-order valence-electron chi connectivity index (χ3n) is 1.78. The minimum absolute atomic E-state index is 0.0532. The Morgan fingerprint density at radius 3 is 2.31 bits per heavy atom. The largest absolute Gasteiger partial charge is 0.302 e. The van der Waals surface area contributed by atoms with E-state index in [9.17, 15) is 13.0 Å². The maximum atomic E-state index is 11.5. The number of benzene rings is 1. The molecular weight excluding hydrogens is 251 g/mol. The van der Waals surface area contributed by atoms with Gasteiger partial charge in [0.05, 0.1) is 4.90 Å². The van der Waals surface area contributed by atoms with E-state index in [4.69, 9.17) is 0 Å². The third kappa shape index (κ3) is 4.06. The highest BCUT2D eigenvalue weighted by Gasteiger charge is 2.14. The third-order valence-corrected chi connectivity index (χ3v) is 3.56. The summed E-state index contributed by atoms with van der Waals surface area (Å²) in [7, 11) is -6.00. The molecule has 1 aromatic rings. The van der Waals surface area contributed by atoms with Crippen molar-refractivity contribution in [3.05, 3.63) is 29.8 Å². The molecule has 0 spiro atoms. The summed E-state index contributed by atoms with van der Waals surface area (Å²) in [6.45, 7) is 2.68. The van der Waals surface area contributed by atoms with Crippen molar-refractivity contribution in [3.63, 3.8) is 0 Å². The van der Waals surface area contributed by atoms with Gasteiger partial charge in [0.15, 0.2) is 14.8 Å². The van der Waals surface area contributed by atoms with Gasteiger partial charge in [-0.05, 0) is 19.1 Å². The molecule has 0 aliphatic rings. The van der Waals surface area contributed by atoms with Crippen LogP contribution in [0.3, 0.4) is 0 Å². The fourth-order valence-electron chi connectivity index (χ4n) is 0.943. The lowest BCUT2D eigenvalue weighted by Crippen LogP contribution is -2.07. The molecule has 0 saturated heterocycles. The molecule has 1 unspecified atom stereocenters. The zero-order valence-electron chi connectivity index (χ0n) is 8.97. The molecule has 16 heavy (non-hydrogen) atoms. The molecule has 7 heteroatoms. The molecule has 1 atom stereocenters. The molecule has 0 aliphatic heterocycles. The highest BCUT2D eigenvalue weighted by atomic mass is 32.2. The lowest BCUT2D eigenvalue weighted by molar-refractivity contribution is 0.136. The monoisotopic (exact) mass is 264 g/mol. The van der Waals surface area contributed by atoms with Crippen LogP contribution in [0.15, 0.2) is 29.2 Å². The van der Waals surface area contributed by atoms with E-state index in [1.165, 1.54) is 18.8 Å². The summed E-state index contributed by atoms with van der Waals surface area (Å²) in [6.07, 6.45) is 0. The van der Waals surface area contributed by atoms with Gasteiger partial charge in [0.1, 0.15) is 0 Å². The zero-order valence-corrected chi connectivity index (χ0v) is 10.8. The van der Waals surface area contributed by atoms with E-state index in [1.807, 2.05) is 6.92 Å². The van der Waals surface area contributed by atoms with Gasteiger partial charge >= 0.3 is 0 Å². The van der Waals surface area contributed by atoms with Crippen LogP contribution in [0, 0.1) is 6.92 Å². The van der Waals surface area contributed by atoms with Crippen LogP contribution < -0.4 is 0 Å². The van der Waals surface area contributed by atoms with E-state index >= 15 is 0 Å². The van der Waals surface area contributed by atoms with Crippen molar-refractivity contribution in [3.8, 4) is 0 Å². The minimum Gasteiger partial charge on any atom is -0.302 e. The van der Waals surface area contributed by atoms with Gasteiger partial charge in [-0.25, -0.2) is 4.18 Å². The van der Waals surface area contributed by atoms with E-state index in [-0.39, 0.29) is 4.90 Å². The molecule has 0 aromatic heterocycles. The summed E-state index contributed by atoms with van der Waals surface area (Å²) in [4.78, 5) is 0.0532. The molecule has 0 bridgehead atoms. The highest BCUT2D eigenvalue weighted by Crippen LogP contribution is 2.18. The van der Waals surface area contributed by atoms with Gasteiger partial charge < -0.3 is 4.52 Å². The first-order chi connectivity index (χ1) is 7.42. The molecule has 0 heterocycles. The Bertz CT molecular complexity index is 465. The smallest absolute Gasteiger partial charge is 0.299 e. The summed E-state index contributed by atoms with van der Waals surface area (Å²) < 4.78 is 42.8. The van der Waals surface area contributed by atoms with Gasteiger partial charge in [0, 0.05) is 6.66 Å². The fraction of sp³-hybridized carbons (Fsp3) is 0.333. The van der Waals surface area contributed by atoms with Crippen LogP contribution in [0.1, 0.15) is 5.56 Å². The predicted molar refractivity (Wildman–Crippen MR) is 60.3 cm³/mol. The van der Waals surface area contributed by atoms with E-state index in [0.29, 0.717) is 0 Å². The Balaban J connectivity index is 2.71. The first-order valence-corrected chi connectivity index (χ1v) is 7.74. The summed E-state index contributed by atoms with van der Waals surface area (Å²) in [6, 6.07) is 6.22. The van der Waals surface area contributed by atoms with E-state index < -0.39 is 24.9 Å². The van der Waals surface area contributed by atoms with E-state index in [2.05, 4.69) is 8.71 Å². The van der Waals surface area contributed by atoms with Crippen LogP contribution in [0.25, 0.3) is 0 Å². The quantitative estimate of drug-likeness (QED) is 0.460. The van der Waals surface area contributed by atoms with Crippen molar-refractivity contribution in [2.45, 2.75) is 11.8 Å². The zero-order chi connectivity index (χ0) is 12.2. The van der Waals surface area contributed by atoms with Crippen molar-refractivity contribution < 1.29 is 21.7 Å².